The van der Waals surface area contributed by atoms with E-state index < -0.39 is 0 Å². The summed E-state index contributed by atoms with van der Waals surface area (Å²) >= 11 is 0. The molecule has 7 nitrogen and oxygen atoms in total. The molecule has 1 N–H and O–H groups in total. The van der Waals surface area contributed by atoms with Crippen molar-refractivity contribution < 1.29 is 14.3 Å². The molecule has 0 aliphatic carbocycles. The first kappa shape index (κ1) is 17.5. The summed E-state index contributed by atoms with van der Waals surface area (Å²) in [7, 11) is 3.17. The fourth-order valence-corrected chi connectivity index (χ4v) is 2.54. The monoisotopic (exact) mass is 352 g/mol. The first-order chi connectivity index (χ1) is 12.7. The molecule has 3 rings (SSSR count). The van der Waals surface area contributed by atoms with E-state index in [0.29, 0.717) is 30.2 Å². The quantitative estimate of drug-likeness (QED) is 0.706. The van der Waals surface area contributed by atoms with E-state index in [1.54, 1.807) is 37.4 Å². The van der Waals surface area contributed by atoms with E-state index in [-0.39, 0.29) is 5.91 Å². The number of nitrogens with zero attached hydrogens (tertiary/aromatic N) is 3. The van der Waals surface area contributed by atoms with Gasteiger partial charge in [-0.05, 0) is 35.4 Å². The van der Waals surface area contributed by atoms with E-state index in [4.69, 9.17) is 9.47 Å². The minimum Gasteiger partial charge on any atom is -0.493 e. The summed E-state index contributed by atoms with van der Waals surface area (Å²) in [6, 6.07) is 13.0. The lowest BCUT2D eigenvalue weighted by atomic mass is 10.1. The van der Waals surface area contributed by atoms with Crippen molar-refractivity contribution in [1.82, 2.24) is 20.1 Å². The van der Waals surface area contributed by atoms with E-state index in [1.807, 2.05) is 30.3 Å². The summed E-state index contributed by atoms with van der Waals surface area (Å²) in [6.07, 6.45) is 3.15. The normalized spacial score (nSPS) is 10.4. The van der Waals surface area contributed by atoms with E-state index in [0.717, 1.165) is 11.1 Å². The van der Waals surface area contributed by atoms with Gasteiger partial charge in [0.15, 0.2) is 11.5 Å². The van der Waals surface area contributed by atoms with Crippen molar-refractivity contribution in [2.45, 2.75) is 13.1 Å². The van der Waals surface area contributed by atoms with Crippen LogP contribution in [0.15, 0.2) is 55.1 Å². The highest BCUT2D eigenvalue weighted by Crippen LogP contribution is 2.27. The third-order valence-corrected chi connectivity index (χ3v) is 3.93. The van der Waals surface area contributed by atoms with Crippen molar-refractivity contribution in [3.05, 3.63) is 71.8 Å². The van der Waals surface area contributed by atoms with Crippen LogP contribution >= 0.6 is 0 Å². The number of benzene rings is 2. The van der Waals surface area contributed by atoms with E-state index in [2.05, 4.69) is 15.4 Å². The van der Waals surface area contributed by atoms with Crippen LogP contribution in [-0.4, -0.2) is 34.9 Å². The maximum atomic E-state index is 12.3. The van der Waals surface area contributed by atoms with E-state index in [1.165, 1.54) is 6.33 Å². The van der Waals surface area contributed by atoms with Crippen LogP contribution in [0.5, 0.6) is 11.5 Å². The average Bonchev–Trinajstić information content (AvgIpc) is 3.19. The Bertz CT molecular complexity index is 861. The molecule has 1 heterocycles. The number of ether oxygens (including phenoxy) is 2. The number of rotatable bonds is 7. The molecule has 26 heavy (non-hydrogen) atoms. The number of amides is 1. The predicted octanol–water partition coefficient (Wildman–Crippen LogP) is 2.27. The summed E-state index contributed by atoms with van der Waals surface area (Å²) in [4.78, 5) is 16.2. The summed E-state index contributed by atoms with van der Waals surface area (Å²) < 4.78 is 12.2. The van der Waals surface area contributed by atoms with Crippen LogP contribution in [-0.2, 0) is 13.1 Å². The summed E-state index contributed by atoms with van der Waals surface area (Å²) in [5.41, 5.74) is 2.58. The van der Waals surface area contributed by atoms with Gasteiger partial charge in [-0.15, -0.1) is 0 Å². The van der Waals surface area contributed by atoms with Crippen LogP contribution in [0.3, 0.4) is 0 Å². The summed E-state index contributed by atoms with van der Waals surface area (Å²) in [6.45, 7) is 1.02. The molecule has 3 aromatic rings. The van der Waals surface area contributed by atoms with Crippen LogP contribution < -0.4 is 14.8 Å². The van der Waals surface area contributed by atoms with Gasteiger partial charge in [0.2, 0.25) is 0 Å². The number of hydrogen-bond acceptors (Lipinski definition) is 5. The van der Waals surface area contributed by atoms with Crippen molar-refractivity contribution in [1.29, 1.82) is 0 Å². The largest absolute Gasteiger partial charge is 0.493 e. The molecular weight excluding hydrogens is 332 g/mol. The van der Waals surface area contributed by atoms with Crippen molar-refractivity contribution in [2.75, 3.05) is 14.2 Å². The molecule has 134 valence electrons. The van der Waals surface area contributed by atoms with Gasteiger partial charge < -0.3 is 14.8 Å². The number of carbonyl (C=O) groups excluding carboxylic acids is 1. The van der Waals surface area contributed by atoms with Crippen LogP contribution in [0, 0.1) is 0 Å². The lowest BCUT2D eigenvalue weighted by Gasteiger charge is -2.10. The second-order valence-electron chi connectivity index (χ2n) is 5.66. The Morgan fingerprint density at radius 3 is 2.42 bits per heavy atom. The smallest absolute Gasteiger partial charge is 0.251 e. The van der Waals surface area contributed by atoms with Gasteiger partial charge in [-0.2, -0.15) is 5.10 Å². The highest BCUT2D eigenvalue weighted by atomic mass is 16.5. The Hall–Kier alpha value is -3.35. The Labute approximate surface area is 151 Å². The molecule has 0 fully saturated rings. The van der Waals surface area contributed by atoms with Crippen molar-refractivity contribution >= 4 is 5.91 Å². The van der Waals surface area contributed by atoms with Gasteiger partial charge in [0.1, 0.15) is 12.7 Å². The maximum Gasteiger partial charge on any atom is 0.251 e. The Balaban J connectivity index is 1.59. The molecule has 0 aliphatic heterocycles. The molecule has 7 heteroatoms. The molecule has 0 unspecified atom stereocenters. The third kappa shape index (κ3) is 4.18. The van der Waals surface area contributed by atoms with Gasteiger partial charge in [-0.25, -0.2) is 9.67 Å². The molecule has 2 aromatic carbocycles. The van der Waals surface area contributed by atoms with Gasteiger partial charge in [0.05, 0.1) is 20.8 Å². The number of hydrogen-bond donors (Lipinski definition) is 1. The minimum atomic E-state index is -0.132. The summed E-state index contributed by atoms with van der Waals surface area (Å²) in [5.74, 6) is 1.16. The number of nitrogens with one attached hydrogen (secondary N) is 1. The first-order valence-electron chi connectivity index (χ1n) is 8.10. The van der Waals surface area contributed by atoms with Crippen molar-refractivity contribution in [3.63, 3.8) is 0 Å². The second kappa shape index (κ2) is 8.15. The molecule has 1 aromatic heterocycles. The highest BCUT2D eigenvalue weighted by Gasteiger charge is 2.08. The van der Waals surface area contributed by atoms with Gasteiger partial charge in [-0.1, -0.05) is 18.2 Å². The Morgan fingerprint density at radius 2 is 1.77 bits per heavy atom. The van der Waals surface area contributed by atoms with Crippen molar-refractivity contribution in [2.24, 2.45) is 0 Å². The van der Waals surface area contributed by atoms with Gasteiger partial charge in [-0.3, -0.25) is 4.79 Å². The molecule has 0 spiro atoms. The number of carbonyl (C=O) groups is 1. The molecular formula is C19H20N4O3. The lowest BCUT2D eigenvalue weighted by Crippen LogP contribution is -2.22. The number of methoxy groups -OCH3 is 2. The van der Waals surface area contributed by atoms with Crippen LogP contribution in [0.1, 0.15) is 21.5 Å². The predicted molar refractivity (Wildman–Crippen MR) is 96.3 cm³/mol. The molecule has 0 saturated carbocycles. The van der Waals surface area contributed by atoms with E-state index in [9.17, 15) is 4.79 Å². The molecule has 0 aliphatic rings. The molecule has 0 atom stereocenters. The summed E-state index contributed by atoms with van der Waals surface area (Å²) in [5, 5.41) is 6.97. The molecule has 0 radical (unpaired) electrons. The highest BCUT2D eigenvalue weighted by molar-refractivity contribution is 5.94. The first-order valence-corrected chi connectivity index (χ1v) is 8.10. The fraction of sp³-hybridized carbons (Fsp3) is 0.211. The zero-order valence-electron chi connectivity index (χ0n) is 14.7. The van der Waals surface area contributed by atoms with Crippen LogP contribution in [0.4, 0.5) is 0 Å². The molecule has 1 amide bonds. The minimum absolute atomic E-state index is 0.132. The van der Waals surface area contributed by atoms with E-state index >= 15 is 0 Å². The SMILES string of the molecule is COc1ccc(CNC(=O)c2ccc(Cn3cncn3)cc2)cc1OC. The lowest BCUT2D eigenvalue weighted by molar-refractivity contribution is 0.0951. The van der Waals surface area contributed by atoms with Crippen molar-refractivity contribution in [3.8, 4) is 11.5 Å². The Kier molecular flexibility index (Phi) is 5.48. The van der Waals surface area contributed by atoms with Crippen LogP contribution in [0.25, 0.3) is 0 Å². The number of aromatic nitrogens is 3. The van der Waals surface area contributed by atoms with Crippen LogP contribution in [0.2, 0.25) is 0 Å². The topological polar surface area (TPSA) is 78.3 Å². The maximum absolute atomic E-state index is 12.3. The van der Waals surface area contributed by atoms with Gasteiger partial charge in [0.25, 0.3) is 5.91 Å². The Morgan fingerprint density at radius 1 is 1.04 bits per heavy atom. The second-order valence-corrected chi connectivity index (χ2v) is 5.66. The zero-order chi connectivity index (χ0) is 18.4. The van der Waals surface area contributed by atoms with Gasteiger partial charge in [0, 0.05) is 12.1 Å². The average molecular weight is 352 g/mol. The molecule has 0 saturated heterocycles. The standard InChI is InChI=1S/C19H20N4O3/c1-25-17-8-5-15(9-18(17)26-2)10-21-19(24)16-6-3-14(4-7-16)11-23-13-20-12-22-23/h3-9,12-13H,10-11H2,1-2H3,(H,21,24). The fourth-order valence-electron chi connectivity index (χ4n) is 2.54. The van der Waals surface area contributed by atoms with Gasteiger partial charge >= 0.3 is 0 Å². The molecule has 0 bridgehead atoms. The zero-order valence-corrected chi connectivity index (χ0v) is 14.7. The third-order valence-electron chi connectivity index (χ3n) is 3.93.